The lowest BCUT2D eigenvalue weighted by atomic mass is 10.1. The maximum absolute atomic E-state index is 5.56. The largest absolute Gasteiger partial charge is 0.377 e. The third-order valence-electron chi connectivity index (χ3n) is 2.25. The molecule has 0 aromatic heterocycles. The topological polar surface area (TPSA) is 59.6 Å². The van der Waals surface area contributed by atoms with Crippen LogP contribution in [-0.2, 0) is 11.3 Å². The summed E-state index contributed by atoms with van der Waals surface area (Å²) in [6.45, 7) is 3.58. The average Bonchev–Trinajstić information content (AvgIpc) is 2.35. The van der Waals surface area contributed by atoms with Crippen molar-refractivity contribution in [3.63, 3.8) is 0 Å². The number of nitrogens with zero attached hydrogens (tertiary/aromatic N) is 1. The molecule has 98 valence electrons. The normalized spacial score (nSPS) is 10.7. The summed E-state index contributed by atoms with van der Waals surface area (Å²) in [5.41, 5.74) is 9.90. The van der Waals surface area contributed by atoms with E-state index in [0.29, 0.717) is 6.61 Å². The standard InChI is InChI=1S/C13H19N3OS/c1-2-3-7-17-10-12-6-4-5-11(8-12)9-15-16-13(14)18/h4-6,8-9H,2-3,7,10H2,1H3,(H3,14,16,18). The van der Waals surface area contributed by atoms with Crippen LogP contribution < -0.4 is 11.2 Å². The van der Waals surface area contributed by atoms with Crippen molar-refractivity contribution in [2.75, 3.05) is 6.61 Å². The van der Waals surface area contributed by atoms with Gasteiger partial charge in [0.25, 0.3) is 0 Å². The molecule has 0 saturated carbocycles. The average molecular weight is 265 g/mol. The van der Waals surface area contributed by atoms with Crippen molar-refractivity contribution < 1.29 is 4.74 Å². The van der Waals surface area contributed by atoms with Crippen LogP contribution in [0, 0.1) is 0 Å². The highest BCUT2D eigenvalue weighted by Crippen LogP contribution is 2.05. The maximum Gasteiger partial charge on any atom is 0.184 e. The molecule has 0 aliphatic heterocycles. The monoisotopic (exact) mass is 265 g/mol. The zero-order valence-electron chi connectivity index (χ0n) is 10.6. The van der Waals surface area contributed by atoms with E-state index in [1.807, 2.05) is 24.3 Å². The molecule has 0 saturated heterocycles. The Morgan fingerprint density at radius 3 is 3.11 bits per heavy atom. The molecule has 4 nitrogen and oxygen atoms in total. The second-order valence-corrected chi connectivity index (χ2v) is 4.33. The van der Waals surface area contributed by atoms with Crippen molar-refractivity contribution in [2.45, 2.75) is 26.4 Å². The van der Waals surface area contributed by atoms with Gasteiger partial charge >= 0.3 is 0 Å². The second-order valence-electron chi connectivity index (χ2n) is 3.89. The molecule has 5 heteroatoms. The summed E-state index contributed by atoms with van der Waals surface area (Å²) in [6.07, 6.45) is 3.92. The fraction of sp³-hybridized carbons (Fsp3) is 0.385. The number of thiocarbonyl (C=S) groups is 1. The fourth-order valence-corrected chi connectivity index (χ4v) is 1.42. The number of hydrazone groups is 1. The molecule has 1 aromatic rings. The molecule has 1 rings (SSSR count). The summed E-state index contributed by atoms with van der Waals surface area (Å²) < 4.78 is 5.56. The molecule has 0 spiro atoms. The minimum absolute atomic E-state index is 0.158. The van der Waals surface area contributed by atoms with Gasteiger partial charge < -0.3 is 10.5 Å². The number of unbranched alkanes of at least 4 members (excludes halogenated alkanes) is 1. The van der Waals surface area contributed by atoms with Gasteiger partial charge in [-0.1, -0.05) is 31.5 Å². The van der Waals surface area contributed by atoms with Crippen LogP contribution in [0.5, 0.6) is 0 Å². The van der Waals surface area contributed by atoms with Gasteiger partial charge in [0.05, 0.1) is 12.8 Å². The zero-order valence-corrected chi connectivity index (χ0v) is 11.4. The number of nitrogens with two attached hydrogens (primary N) is 1. The SMILES string of the molecule is CCCCOCc1cccc(C=NNC(N)=S)c1. The number of rotatable bonds is 7. The highest BCUT2D eigenvalue weighted by molar-refractivity contribution is 7.80. The first-order valence-corrected chi connectivity index (χ1v) is 6.38. The molecule has 1 aromatic carbocycles. The first-order chi connectivity index (χ1) is 8.72. The molecule has 0 heterocycles. The molecule has 0 amide bonds. The molecule has 0 radical (unpaired) electrons. The molecule has 0 bridgehead atoms. The van der Waals surface area contributed by atoms with Gasteiger partial charge in [0.15, 0.2) is 5.11 Å². The van der Waals surface area contributed by atoms with Gasteiger partial charge in [0.1, 0.15) is 0 Å². The minimum Gasteiger partial charge on any atom is -0.377 e. The van der Waals surface area contributed by atoms with Crippen LogP contribution in [0.4, 0.5) is 0 Å². The number of nitrogens with one attached hydrogen (secondary N) is 1. The van der Waals surface area contributed by atoms with Crippen molar-refractivity contribution >= 4 is 23.5 Å². The first-order valence-electron chi connectivity index (χ1n) is 5.97. The first kappa shape index (κ1) is 14.6. The summed E-state index contributed by atoms with van der Waals surface area (Å²) in [7, 11) is 0. The lowest BCUT2D eigenvalue weighted by Gasteiger charge is -2.04. The molecule has 0 aliphatic carbocycles. The molecule has 0 aliphatic rings. The summed E-state index contributed by atoms with van der Waals surface area (Å²) in [5, 5.41) is 4.07. The lowest BCUT2D eigenvalue weighted by Crippen LogP contribution is -2.23. The Kier molecular flexibility index (Phi) is 6.98. The molecule has 18 heavy (non-hydrogen) atoms. The Morgan fingerprint density at radius 1 is 1.56 bits per heavy atom. The van der Waals surface area contributed by atoms with Crippen LogP contribution in [0.25, 0.3) is 0 Å². The highest BCUT2D eigenvalue weighted by Gasteiger charge is 1.95. The van der Waals surface area contributed by atoms with E-state index < -0.39 is 0 Å². The molecule has 3 N–H and O–H groups in total. The smallest absolute Gasteiger partial charge is 0.184 e. The van der Waals surface area contributed by atoms with E-state index in [4.69, 9.17) is 10.5 Å². The van der Waals surface area contributed by atoms with Crippen LogP contribution in [-0.4, -0.2) is 17.9 Å². The van der Waals surface area contributed by atoms with Crippen LogP contribution in [0.1, 0.15) is 30.9 Å². The van der Waals surface area contributed by atoms with Crippen LogP contribution >= 0.6 is 12.2 Å². The number of hydrogen-bond acceptors (Lipinski definition) is 3. The van der Waals surface area contributed by atoms with Gasteiger partial charge in [0.2, 0.25) is 0 Å². The number of hydrogen-bond donors (Lipinski definition) is 2. The number of benzene rings is 1. The van der Waals surface area contributed by atoms with E-state index in [-0.39, 0.29) is 5.11 Å². The quantitative estimate of drug-likeness (QED) is 0.343. The van der Waals surface area contributed by atoms with E-state index in [9.17, 15) is 0 Å². The van der Waals surface area contributed by atoms with Crippen molar-refractivity contribution in [1.82, 2.24) is 5.43 Å². The van der Waals surface area contributed by atoms with Gasteiger partial charge in [-0.2, -0.15) is 5.10 Å². The third kappa shape index (κ3) is 6.32. The van der Waals surface area contributed by atoms with Gasteiger partial charge in [0, 0.05) is 6.61 Å². The molecular formula is C13H19N3OS. The third-order valence-corrected chi connectivity index (χ3v) is 2.34. The Hall–Kier alpha value is -1.46. The Balaban J connectivity index is 2.46. The van der Waals surface area contributed by atoms with Crippen molar-refractivity contribution in [3.05, 3.63) is 35.4 Å². The summed E-state index contributed by atoms with van der Waals surface area (Å²) >= 11 is 4.65. The van der Waals surface area contributed by atoms with Crippen molar-refractivity contribution in [2.24, 2.45) is 10.8 Å². The van der Waals surface area contributed by atoms with Crippen molar-refractivity contribution in [1.29, 1.82) is 0 Å². The predicted octanol–water partition coefficient (Wildman–Crippen LogP) is 2.17. The van der Waals surface area contributed by atoms with Gasteiger partial charge in [-0.3, -0.25) is 5.43 Å². The van der Waals surface area contributed by atoms with Crippen LogP contribution in [0.2, 0.25) is 0 Å². The Bertz CT molecular complexity index is 407. The second kappa shape index (κ2) is 8.60. The van der Waals surface area contributed by atoms with E-state index in [1.54, 1.807) is 6.21 Å². The summed E-state index contributed by atoms with van der Waals surface area (Å²) in [4.78, 5) is 0. The summed E-state index contributed by atoms with van der Waals surface area (Å²) in [6, 6.07) is 7.99. The number of ether oxygens (including phenoxy) is 1. The predicted molar refractivity (Wildman–Crippen MR) is 78.5 cm³/mol. The van der Waals surface area contributed by atoms with E-state index in [2.05, 4.69) is 29.7 Å². The Morgan fingerprint density at radius 2 is 2.39 bits per heavy atom. The minimum atomic E-state index is 0.158. The molecule has 0 atom stereocenters. The molecule has 0 unspecified atom stereocenters. The van der Waals surface area contributed by atoms with E-state index in [0.717, 1.165) is 30.6 Å². The Labute approximate surface area is 113 Å². The molecular weight excluding hydrogens is 246 g/mol. The summed E-state index contributed by atoms with van der Waals surface area (Å²) in [5.74, 6) is 0. The van der Waals surface area contributed by atoms with E-state index >= 15 is 0 Å². The van der Waals surface area contributed by atoms with Crippen LogP contribution in [0.3, 0.4) is 0 Å². The van der Waals surface area contributed by atoms with Gasteiger partial charge in [-0.15, -0.1) is 0 Å². The van der Waals surface area contributed by atoms with E-state index in [1.165, 1.54) is 0 Å². The van der Waals surface area contributed by atoms with Crippen LogP contribution in [0.15, 0.2) is 29.4 Å². The molecule has 0 fully saturated rings. The van der Waals surface area contributed by atoms with Crippen molar-refractivity contribution in [3.8, 4) is 0 Å². The lowest BCUT2D eigenvalue weighted by molar-refractivity contribution is 0.118. The highest BCUT2D eigenvalue weighted by atomic mass is 32.1. The van der Waals surface area contributed by atoms with Gasteiger partial charge in [-0.05, 0) is 35.8 Å². The fourth-order valence-electron chi connectivity index (χ4n) is 1.37. The van der Waals surface area contributed by atoms with Gasteiger partial charge in [-0.25, -0.2) is 0 Å². The zero-order chi connectivity index (χ0) is 13.2. The maximum atomic E-state index is 5.56.